The van der Waals surface area contributed by atoms with Crippen LogP contribution in [0.15, 0.2) is 65.8 Å². The summed E-state index contributed by atoms with van der Waals surface area (Å²) in [4.78, 5) is 27.9. The summed E-state index contributed by atoms with van der Waals surface area (Å²) in [5.41, 5.74) is -0.409. The summed E-state index contributed by atoms with van der Waals surface area (Å²) in [7, 11) is 0. The second kappa shape index (κ2) is 5.84. The van der Waals surface area contributed by atoms with Crippen molar-refractivity contribution >= 4 is 5.97 Å². The quantitative estimate of drug-likeness (QED) is 0.807. The van der Waals surface area contributed by atoms with E-state index in [9.17, 15) is 19.1 Å². The molecular weight excluding hydrogens is 299 g/mol. The molecule has 0 aliphatic carbocycles. The number of nitrogens with zero attached hydrogens (tertiary/aromatic N) is 2. The van der Waals surface area contributed by atoms with Crippen molar-refractivity contribution in [3.05, 3.63) is 82.7 Å². The summed E-state index contributed by atoms with van der Waals surface area (Å²) in [5.74, 6) is -1.30. The normalized spacial score (nSPS) is 10.5. The molecule has 23 heavy (non-hydrogen) atoms. The maximum absolute atomic E-state index is 13.1. The number of hydrogen-bond acceptors (Lipinski definition) is 3. The first-order chi connectivity index (χ1) is 11.1. The Bertz CT molecular complexity index is 919. The second-order valence-electron chi connectivity index (χ2n) is 4.82. The number of halogens is 1. The summed E-state index contributed by atoms with van der Waals surface area (Å²) in [6.45, 7) is 0. The van der Waals surface area contributed by atoms with Crippen LogP contribution in [0.5, 0.6) is 0 Å². The molecule has 0 radical (unpaired) electrons. The Morgan fingerprint density at radius 3 is 2.43 bits per heavy atom. The molecule has 0 unspecified atom stereocenters. The smallest absolute Gasteiger partial charge is 0.341 e. The van der Waals surface area contributed by atoms with Crippen molar-refractivity contribution in [1.82, 2.24) is 9.55 Å². The Labute approximate surface area is 130 Å². The van der Waals surface area contributed by atoms with E-state index >= 15 is 0 Å². The molecule has 0 saturated heterocycles. The molecule has 0 amide bonds. The largest absolute Gasteiger partial charge is 0.477 e. The predicted molar refractivity (Wildman–Crippen MR) is 82.2 cm³/mol. The standard InChI is InChI=1S/C17H11FN2O3/c18-12-6-4-11(5-7-12)13-9-20(15-3-1-2-8-19-15)10-14(16(13)21)17(22)23/h1-10H,(H,22,23). The number of pyridine rings is 2. The van der Waals surface area contributed by atoms with E-state index in [2.05, 4.69) is 4.98 Å². The van der Waals surface area contributed by atoms with Gasteiger partial charge in [-0.25, -0.2) is 14.2 Å². The number of aromatic nitrogens is 2. The molecule has 1 N–H and O–H groups in total. The van der Waals surface area contributed by atoms with Gasteiger partial charge in [-0.3, -0.25) is 4.79 Å². The van der Waals surface area contributed by atoms with Gasteiger partial charge < -0.3 is 9.67 Å². The fourth-order valence-corrected chi connectivity index (χ4v) is 2.20. The Hall–Kier alpha value is -3.28. The van der Waals surface area contributed by atoms with Crippen molar-refractivity contribution in [1.29, 1.82) is 0 Å². The van der Waals surface area contributed by atoms with Crippen molar-refractivity contribution in [2.24, 2.45) is 0 Å². The van der Waals surface area contributed by atoms with Crippen LogP contribution in [-0.2, 0) is 0 Å². The molecule has 3 rings (SSSR count). The summed E-state index contributed by atoms with van der Waals surface area (Å²) < 4.78 is 14.5. The third-order valence-electron chi connectivity index (χ3n) is 3.33. The molecule has 5 nitrogen and oxygen atoms in total. The Balaban J connectivity index is 2.26. The zero-order valence-corrected chi connectivity index (χ0v) is 11.8. The van der Waals surface area contributed by atoms with Crippen LogP contribution in [0.2, 0.25) is 0 Å². The van der Waals surface area contributed by atoms with E-state index in [0.717, 1.165) is 0 Å². The zero-order chi connectivity index (χ0) is 16.4. The number of hydrogen-bond donors (Lipinski definition) is 1. The first kappa shape index (κ1) is 14.6. The summed E-state index contributed by atoms with van der Waals surface area (Å²) >= 11 is 0. The van der Waals surface area contributed by atoms with E-state index < -0.39 is 17.2 Å². The molecule has 1 aromatic carbocycles. The molecule has 0 aliphatic heterocycles. The van der Waals surface area contributed by atoms with Gasteiger partial charge in [0.25, 0.3) is 0 Å². The Kier molecular flexibility index (Phi) is 3.72. The van der Waals surface area contributed by atoms with Gasteiger partial charge in [-0.05, 0) is 29.8 Å². The molecule has 0 atom stereocenters. The van der Waals surface area contributed by atoms with Crippen LogP contribution in [0.1, 0.15) is 10.4 Å². The van der Waals surface area contributed by atoms with E-state index in [1.54, 1.807) is 24.4 Å². The molecule has 0 fully saturated rings. The average molecular weight is 310 g/mol. The number of aromatic carboxylic acids is 1. The third-order valence-corrected chi connectivity index (χ3v) is 3.33. The number of rotatable bonds is 3. The van der Waals surface area contributed by atoms with Crippen molar-refractivity contribution in [2.75, 3.05) is 0 Å². The van der Waals surface area contributed by atoms with Crippen molar-refractivity contribution in [3.8, 4) is 16.9 Å². The minimum absolute atomic E-state index is 0.163. The van der Waals surface area contributed by atoms with Crippen molar-refractivity contribution < 1.29 is 14.3 Å². The van der Waals surface area contributed by atoms with Gasteiger partial charge in [0.2, 0.25) is 5.43 Å². The minimum atomic E-state index is -1.33. The SMILES string of the molecule is O=C(O)c1cn(-c2ccccn2)cc(-c2ccc(F)cc2)c1=O. The molecule has 114 valence electrons. The van der Waals surface area contributed by atoms with E-state index in [1.807, 2.05) is 0 Å². The summed E-state index contributed by atoms with van der Waals surface area (Å²) in [5, 5.41) is 9.26. The van der Waals surface area contributed by atoms with Crippen LogP contribution in [-0.4, -0.2) is 20.6 Å². The number of carbonyl (C=O) groups is 1. The highest BCUT2D eigenvalue weighted by Crippen LogP contribution is 2.18. The van der Waals surface area contributed by atoms with Gasteiger partial charge in [0.05, 0.1) is 0 Å². The average Bonchev–Trinajstić information content (AvgIpc) is 2.56. The van der Waals surface area contributed by atoms with Crippen LogP contribution in [0, 0.1) is 5.82 Å². The molecule has 3 aromatic rings. The van der Waals surface area contributed by atoms with Gasteiger partial charge >= 0.3 is 5.97 Å². The molecule has 0 aliphatic rings. The second-order valence-corrected chi connectivity index (χ2v) is 4.82. The maximum Gasteiger partial charge on any atom is 0.341 e. The Morgan fingerprint density at radius 2 is 1.83 bits per heavy atom. The third kappa shape index (κ3) is 2.87. The van der Waals surface area contributed by atoms with Gasteiger partial charge in [0, 0.05) is 24.2 Å². The fourth-order valence-electron chi connectivity index (χ4n) is 2.20. The highest BCUT2D eigenvalue weighted by Gasteiger charge is 2.16. The lowest BCUT2D eigenvalue weighted by Crippen LogP contribution is -2.19. The Morgan fingerprint density at radius 1 is 1.09 bits per heavy atom. The van der Waals surface area contributed by atoms with Crippen molar-refractivity contribution in [3.63, 3.8) is 0 Å². The molecular formula is C17H11FN2O3. The monoisotopic (exact) mass is 310 g/mol. The van der Waals surface area contributed by atoms with Crippen LogP contribution in [0.4, 0.5) is 4.39 Å². The predicted octanol–water partition coefficient (Wildman–Crippen LogP) is 2.74. The van der Waals surface area contributed by atoms with Gasteiger partial charge in [0.15, 0.2) is 0 Å². The minimum Gasteiger partial charge on any atom is -0.477 e. The van der Waals surface area contributed by atoms with Gasteiger partial charge in [-0.15, -0.1) is 0 Å². The van der Waals surface area contributed by atoms with E-state index in [4.69, 9.17) is 0 Å². The zero-order valence-electron chi connectivity index (χ0n) is 11.8. The molecule has 2 aromatic heterocycles. The molecule has 0 spiro atoms. The highest BCUT2D eigenvalue weighted by atomic mass is 19.1. The summed E-state index contributed by atoms with van der Waals surface area (Å²) in [6.07, 6.45) is 4.27. The van der Waals surface area contributed by atoms with Crippen LogP contribution in [0.3, 0.4) is 0 Å². The summed E-state index contributed by atoms with van der Waals surface area (Å²) in [6, 6.07) is 10.5. The topological polar surface area (TPSA) is 72.2 Å². The van der Waals surface area contributed by atoms with E-state index in [1.165, 1.54) is 41.2 Å². The van der Waals surface area contributed by atoms with Crippen LogP contribution in [0.25, 0.3) is 16.9 Å². The lowest BCUT2D eigenvalue weighted by Gasteiger charge is -2.10. The lowest BCUT2D eigenvalue weighted by atomic mass is 10.0. The van der Waals surface area contributed by atoms with Gasteiger partial charge in [-0.1, -0.05) is 18.2 Å². The number of carboxylic acid groups (broad SMARTS) is 1. The van der Waals surface area contributed by atoms with E-state index in [0.29, 0.717) is 11.4 Å². The molecule has 0 saturated carbocycles. The number of benzene rings is 1. The van der Waals surface area contributed by atoms with E-state index in [-0.39, 0.29) is 11.1 Å². The lowest BCUT2D eigenvalue weighted by molar-refractivity contribution is 0.0695. The molecule has 2 heterocycles. The number of carboxylic acids is 1. The van der Waals surface area contributed by atoms with Gasteiger partial charge in [0.1, 0.15) is 17.2 Å². The van der Waals surface area contributed by atoms with Crippen LogP contribution < -0.4 is 5.43 Å². The highest BCUT2D eigenvalue weighted by molar-refractivity contribution is 5.89. The first-order valence-corrected chi connectivity index (χ1v) is 6.73. The molecule has 6 heteroatoms. The van der Waals surface area contributed by atoms with Crippen molar-refractivity contribution in [2.45, 2.75) is 0 Å². The first-order valence-electron chi connectivity index (χ1n) is 6.73. The maximum atomic E-state index is 13.1. The van der Waals surface area contributed by atoms with Crippen LogP contribution >= 0.6 is 0 Å². The molecule has 0 bridgehead atoms. The van der Waals surface area contributed by atoms with Gasteiger partial charge in [-0.2, -0.15) is 0 Å². The fraction of sp³-hybridized carbons (Fsp3) is 0.